The molecule has 0 amide bonds. The molecule has 32 heavy (non-hydrogen) atoms. The highest BCUT2D eigenvalue weighted by Gasteiger charge is 2.34. The van der Waals surface area contributed by atoms with Gasteiger partial charge in [-0.1, -0.05) is 12.1 Å². The van der Waals surface area contributed by atoms with Crippen LogP contribution in [0, 0.1) is 5.82 Å². The molecule has 0 bridgehead atoms. The van der Waals surface area contributed by atoms with Crippen LogP contribution in [-0.4, -0.2) is 46.0 Å². The van der Waals surface area contributed by atoms with Crippen LogP contribution in [0.1, 0.15) is 32.3 Å². The molecule has 3 rings (SSSR count). The molecule has 0 spiro atoms. The van der Waals surface area contributed by atoms with E-state index in [-0.39, 0.29) is 35.2 Å². The number of hydrogen-bond donors (Lipinski definition) is 2. The lowest BCUT2D eigenvalue weighted by atomic mass is 9.74. The molecule has 0 saturated carbocycles. The summed E-state index contributed by atoms with van der Waals surface area (Å²) in [4.78, 5) is 4.89. The van der Waals surface area contributed by atoms with Gasteiger partial charge in [0.25, 0.3) is 0 Å². The lowest BCUT2D eigenvalue weighted by Crippen LogP contribution is -2.39. The molecule has 1 saturated heterocycles. The van der Waals surface area contributed by atoms with E-state index in [2.05, 4.69) is 10.6 Å². The van der Waals surface area contributed by atoms with Gasteiger partial charge in [-0.15, -0.1) is 24.0 Å². The van der Waals surface area contributed by atoms with Crippen molar-refractivity contribution in [1.82, 2.24) is 5.32 Å². The van der Waals surface area contributed by atoms with Crippen molar-refractivity contribution < 1.29 is 18.6 Å². The van der Waals surface area contributed by atoms with Crippen LogP contribution < -0.4 is 20.1 Å². The molecular formula is C24H33FIN3O3. The average molecular weight is 557 g/mol. The maximum atomic E-state index is 13.5. The normalized spacial score (nSPS) is 15.4. The first-order chi connectivity index (χ1) is 15.1. The second-order valence-electron chi connectivity index (χ2n) is 7.52. The van der Waals surface area contributed by atoms with Crippen LogP contribution in [0.2, 0.25) is 0 Å². The van der Waals surface area contributed by atoms with Crippen molar-refractivity contribution in [2.75, 3.05) is 45.3 Å². The SMILES string of the molecule is CCNC(=NCC1(c2ccc(F)cc2)CCOCC1)Nc1ccc(OCC)c(OC)c1.I. The van der Waals surface area contributed by atoms with Gasteiger partial charge in [0.2, 0.25) is 0 Å². The summed E-state index contributed by atoms with van der Waals surface area (Å²) in [5, 5.41) is 6.65. The number of aliphatic imine (C=N–C) groups is 1. The third kappa shape index (κ3) is 6.71. The zero-order valence-corrected chi connectivity index (χ0v) is 21.3. The summed E-state index contributed by atoms with van der Waals surface area (Å²) in [6, 6.07) is 12.5. The molecule has 0 radical (unpaired) electrons. The van der Waals surface area contributed by atoms with Crippen molar-refractivity contribution >= 4 is 35.6 Å². The summed E-state index contributed by atoms with van der Waals surface area (Å²) in [5.74, 6) is 1.82. The van der Waals surface area contributed by atoms with Gasteiger partial charge < -0.3 is 24.8 Å². The molecule has 1 heterocycles. The molecule has 0 unspecified atom stereocenters. The monoisotopic (exact) mass is 557 g/mol. The summed E-state index contributed by atoms with van der Waals surface area (Å²) in [5.41, 5.74) is 1.77. The van der Waals surface area contributed by atoms with Crippen LogP contribution in [0.25, 0.3) is 0 Å². The van der Waals surface area contributed by atoms with E-state index < -0.39 is 0 Å². The minimum atomic E-state index is -0.228. The van der Waals surface area contributed by atoms with E-state index in [9.17, 15) is 4.39 Å². The van der Waals surface area contributed by atoms with Gasteiger partial charge in [-0.05, 0) is 56.5 Å². The van der Waals surface area contributed by atoms with Crippen LogP contribution in [0.4, 0.5) is 10.1 Å². The second kappa shape index (κ2) is 12.8. The van der Waals surface area contributed by atoms with Crippen LogP contribution in [-0.2, 0) is 10.2 Å². The quantitative estimate of drug-likeness (QED) is 0.273. The van der Waals surface area contributed by atoms with Gasteiger partial charge in [-0.3, -0.25) is 4.99 Å². The first-order valence-corrected chi connectivity index (χ1v) is 10.8. The number of rotatable bonds is 8. The number of nitrogens with one attached hydrogen (secondary N) is 2. The fourth-order valence-electron chi connectivity index (χ4n) is 3.80. The number of ether oxygens (including phenoxy) is 3. The smallest absolute Gasteiger partial charge is 0.195 e. The minimum Gasteiger partial charge on any atom is -0.493 e. The third-order valence-corrected chi connectivity index (χ3v) is 5.52. The molecule has 2 aromatic carbocycles. The zero-order valence-electron chi connectivity index (χ0n) is 18.9. The van der Waals surface area contributed by atoms with Gasteiger partial charge in [0, 0.05) is 36.9 Å². The minimum absolute atomic E-state index is 0. The van der Waals surface area contributed by atoms with Gasteiger partial charge in [0.1, 0.15) is 5.82 Å². The van der Waals surface area contributed by atoms with Gasteiger partial charge in [-0.25, -0.2) is 4.39 Å². The summed E-state index contributed by atoms with van der Waals surface area (Å²) < 4.78 is 30.1. The van der Waals surface area contributed by atoms with E-state index in [1.165, 1.54) is 12.1 Å². The maximum Gasteiger partial charge on any atom is 0.195 e. The van der Waals surface area contributed by atoms with E-state index >= 15 is 0 Å². The molecule has 0 aliphatic carbocycles. The van der Waals surface area contributed by atoms with E-state index in [1.54, 1.807) is 7.11 Å². The first-order valence-electron chi connectivity index (χ1n) is 10.8. The summed E-state index contributed by atoms with van der Waals surface area (Å²) in [7, 11) is 1.62. The maximum absolute atomic E-state index is 13.5. The van der Waals surface area contributed by atoms with Crippen molar-refractivity contribution in [3.05, 3.63) is 53.8 Å². The van der Waals surface area contributed by atoms with E-state index in [4.69, 9.17) is 19.2 Å². The Bertz CT molecular complexity index is 871. The second-order valence-corrected chi connectivity index (χ2v) is 7.52. The number of nitrogens with zero attached hydrogens (tertiary/aromatic N) is 1. The van der Waals surface area contributed by atoms with Crippen LogP contribution in [0.3, 0.4) is 0 Å². The first kappa shape index (κ1) is 26.2. The fourth-order valence-corrected chi connectivity index (χ4v) is 3.80. The highest BCUT2D eigenvalue weighted by Crippen LogP contribution is 2.35. The van der Waals surface area contributed by atoms with Crippen LogP contribution >= 0.6 is 24.0 Å². The molecule has 8 heteroatoms. The van der Waals surface area contributed by atoms with E-state index in [1.807, 2.05) is 44.2 Å². The van der Waals surface area contributed by atoms with Gasteiger partial charge in [-0.2, -0.15) is 0 Å². The van der Waals surface area contributed by atoms with Gasteiger partial charge in [0.05, 0.1) is 20.3 Å². The molecule has 6 nitrogen and oxygen atoms in total. The fraction of sp³-hybridized carbons (Fsp3) is 0.458. The van der Waals surface area contributed by atoms with Crippen molar-refractivity contribution in [1.29, 1.82) is 0 Å². The standard InChI is InChI=1S/C24H32FN3O3.HI/c1-4-26-23(28-20-10-11-21(31-5-2)22(16-20)29-3)27-17-24(12-14-30-15-13-24)18-6-8-19(25)9-7-18;/h6-11,16H,4-5,12-15,17H2,1-3H3,(H2,26,27,28);1H. The molecule has 0 aromatic heterocycles. The summed E-state index contributed by atoms with van der Waals surface area (Å²) in [6.45, 7) is 7.19. The Morgan fingerprint density at radius 3 is 2.44 bits per heavy atom. The lowest BCUT2D eigenvalue weighted by Gasteiger charge is -2.36. The highest BCUT2D eigenvalue weighted by atomic mass is 127. The molecule has 176 valence electrons. The number of halogens is 2. The van der Waals surface area contributed by atoms with Gasteiger partial charge >= 0.3 is 0 Å². The number of guanidine groups is 1. The Morgan fingerprint density at radius 1 is 1.09 bits per heavy atom. The predicted octanol–water partition coefficient (Wildman–Crippen LogP) is 4.98. The summed E-state index contributed by atoms with van der Waals surface area (Å²) >= 11 is 0. The van der Waals surface area contributed by atoms with E-state index in [0.29, 0.717) is 43.8 Å². The number of hydrogen-bond acceptors (Lipinski definition) is 4. The molecule has 2 aromatic rings. The van der Waals surface area contributed by atoms with Crippen LogP contribution in [0.15, 0.2) is 47.5 Å². The molecule has 2 N–H and O–H groups in total. The average Bonchev–Trinajstić information content (AvgIpc) is 2.80. The Morgan fingerprint density at radius 2 is 1.81 bits per heavy atom. The number of methoxy groups -OCH3 is 1. The summed E-state index contributed by atoms with van der Waals surface area (Å²) in [6.07, 6.45) is 1.69. The molecule has 1 aliphatic heterocycles. The lowest BCUT2D eigenvalue weighted by molar-refractivity contribution is 0.0531. The molecule has 1 fully saturated rings. The predicted molar refractivity (Wildman–Crippen MR) is 137 cm³/mol. The third-order valence-electron chi connectivity index (χ3n) is 5.52. The Labute approximate surface area is 207 Å². The van der Waals surface area contributed by atoms with Crippen molar-refractivity contribution in [3.8, 4) is 11.5 Å². The number of benzene rings is 2. The largest absolute Gasteiger partial charge is 0.493 e. The number of anilines is 1. The Kier molecular flexibility index (Phi) is 10.5. The van der Waals surface area contributed by atoms with Crippen molar-refractivity contribution in [2.24, 2.45) is 4.99 Å². The molecule has 0 atom stereocenters. The Balaban J connectivity index is 0.00000363. The van der Waals surface area contributed by atoms with E-state index in [0.717, 1.165) is 30.6 Å². The zero-order chi connectivity index (χ0) is 22.1. The molecule has 1 aliphatic rings. The topological polar surface area (TPSA) is 64.1 Å². The molecular weight excluding hydrogens is 524 g/mol. The highest BCUT2D eigenvalue weighted by molar-refractivity contribution is 14.0. The van der Waals surface area contributed by atoms with Crippen molar-refractivity contribution in [3.63, 3.8) is 0 Å². The van der Waals surface area contributed by atoms with Gasteiger partial charge in [0.15, 0.2) is 17.5 Å². The van der Waals surface area contributed by atoms with Crippen LogP contribution in [0.5, 0.6) is 11.5 Å². The van der Waals surface area contributed by atoms with Crippen molar-refractivity contribution in [2.45, 2.75) is 32.1 Å². The Hall–Kier alpha value is -2.07.